The van der Waals surface area contributed by atoms with Crippen LogP contribution >= 0.6 is 11.6 Å². The first-order chi connectivity index (χ1) is 56.9. The summed E-state index contributed by atoms with van der Waals surface area (Å²) in [5.74, 6) is 3.56. The highest BCUT2D eigenvalue weighted by atomic mass is 35.5. The molecule has 0 unspecified atom stereocenters. The molecular weight excluding hydrogens is 1440 g/mol. The normalized spacial score (nSPS) is 11.5. The number of aliphatic hydroxyl groups excluding tert-OH is 1. The van der Waals surface area contributed by atoms with Crippen LogP contribution in [0.3, 0.4) is 0 Å². The predicted octanol–water partition coefficient (Wildman–Crippen LogP) is 25.5. The zero-order valence-electron chi connectivity index (χ0n) is 69.4. The summed E-state index contributed by atoms with van der Waals surface area (Å²) in [4.78, 5) is 0. The minimum absolute atomic E-state index is 0.172. The van der Waals surface area contributed by atoms with Crippen LogP contribution in [-0.4, -0.2) is 77.1 Å². The van der Waals surface area contributed by atoms with Gasteiger partial charge in [-0.25, -0.2) is 0 Å². The van der Waals surface area contributed by atoms with Gasteiger partial charge in [-0.2, -0.15) is 0 Å². The molecule has 115 heavy (non-hydrogen) atoms. The maximum Gasteiger partial charge on any atom is 0.0716 e. The lowest BCUT2D eigenvalue weighted by molar-refractivity contribution is 0.0656. The topological polar surface area (TPSA) is 103 Å². The standard InChI is InChI=1S/C36H46O3.C34H45ClO3.C34H46O4/c1-2-3-13-23-36(24-14-27-37-30-33-17-7-4-8-18-33,25-15-28-38-31-34-19-9-5-10-20-34)26-16-29-39-32-35-21-11-6-12-22-35;2*35-24-10-20-34(21-11-25-36-28-31-14-4-1-5-15-31,22-12-26-37-29-32-16-6-2-7-17-32)23-13-27-38-30-33-18-8-3-9-19-33/h1,4-12,17-22H,3,13-16,23-32H2;1-9,14-19H,10-13,20-30H2;1-9,14-19,35H,10-13,20-30H2. The van der Waals surface area contributed by atoms with Crippen molar-refractivity contribution in [2.24, 2.45) is 16.2 Å². The fraction of sp³-hybridized carbons (Fsp3) is 0.462. The van der Waals surface area contributed by atoms with Crippen molar-refractivity contribution in [3.8, 4) is 12.3 Å². The van der Waals surface area contributed by atoms with E-state index in [2.05, 4.69) is 224 Å². The number of hydrogen-bond donors (Lipinski definition) is 1. The zero-order chi connectivity index (χ0) is 80.4. The Morgan fingerprint density at radius 2 is 0.365 bits per heavy atom. The molecule has 11 heteroatoms. The van der Waals surface area contributed by atoms with E-state index in [1.54, 1.807) is 0 Å². The van der Waals surface area contributed by atoms with Crippen LogP contribution < -0.4 is 0 Å². The molecule has 1 N–H and O–H groups in total. The van der Waals surface area contributed by atoms with Crippen molar-refractivity contribution < 1.29 is 47.7 Å². The maximum atomic E-state index is 9.66. The molecular formula is C104H137ClO10. The van der Waals surface area contributed by atoms with Gasteiger partial charge in [0.25, 0.3) is 0 Å². The molecule has 0 fully saturated rings. The second-order valence-electron chi connectivity index (χ2n) is 31.0. The fourth-order valence-electron chi connectivity index (χ4n) is 15.5. The van der Waals surface area contributed by atoms with Crippen LogP contribution in [0.5, 0.6) is 0 Å². The number of halogens is 1. The number of alkyl halides is 1. The summed E-state index contributed by atoms with van der Waals surface area (Å²) in [5.41, 5.74) is 11.7. The zero-order valence-corrected chi connectivity index (χ0v) is 70.1. The summed E-state index contributed by atoms with van der Waals surface area (Å²) in [6.45, 7) is 13.2. The average molecular weight is 1580 g/mol. The van der Waals surface area contributed by atoms with Crippen molar-refractivity contribution in [3.05, 3.63) is 323 Å². The van der Waals surface area contributed by atoms with Crippen molar-refractivity contribution in [1.82, 2.24) is 0 Å². The summed E-state index contributed by atoms with van der Waals surface area (Å²) in [5, 5.41) is 9.66. The first-order valence-electron chi connectivity index (χ1n) is 43.0. The van der Waals surface area contributed by atoms with Crippen LogP contribution in [0.25, 0.3) is 0 Å². The van der Waals surface area contributed by atoms with Crippen LogP contribution in [0.4, 0.5) is 0 Å². The quantitative estimate of drug-likeness (QED) is 0.0225. The number of unbranched alkanes of at least 4 members (excludes halogenated alkanes) is 1. The molecule has 9 aromatic rings. The van der Waals surface area contributed by atoms with E-state index in [1.165, 1.54) is 50.1 Å². The first-order valence-corrected chi connectivity index (χ1v) is 43.6. The van der Waals surface area contributed by atoms with E-state index in [1.807, 2.05) is 54.6 Å². The van der Waals surface area contributed by atoms with Gasteiger partial charge >= 0.3 is 0 Å². The van der Waals surface area contributed by atoms with Gasteiger partial charge in [0.2, 0.25) is 0 Å². The number of hydrogen-bond acceptors (Lipinski definition) is 10. The lowest BCUT2D eigenvalue weighted by Gasteiger charge is -2.35. The van der Waals surface area contributed by atoms with Crippen molar-refractivity contribution >= 4 is 11.6 Å². The SMILES string of the molecule is C#CCCCC(CCCOCc1ccccc1)(CCCOCc1ccccc1)CCCOCc1ccccc1.ClCCCC(CCCOCc1ccccc1)(CCCOCc1ccccc1)CCCOCc1ccccc1.OCCCC(CCCOCc1ccccc1)(CCCOCc1ccccc1)CCCOCc1ccccc1. The first kappa shape index (κ1) is 94.6. The second kappa shape index (κ2) is 62.6. The van der Waals surface area contributed by atoms with Gasteiger partial charge in [0.05, 0.1) is 59.5 Å². The van der Waals surface area contributed by atoms with E-state index in [0.717, 1.165) is 220 Å². The molecule has 0 aliphatic carbocycles. The Balaban J connectivity index is 0.000000239. The Morgan fingerprint density at radius 1 is 0.217 bits per heavy atom. The minimum Gasteiger partial charge on any atom is -0.396 e. The molecule has 0 heterocycles. The van der Waals surface area contributed by atoms with Gasteiger partial charge in [0, 0.05) is 78.4 Å². The number of benzene rings is 9. The third-order valence-electron chi connectivity index (χ3n) is 21.7. The molecule has 9 aromatic carbocycles. The van der Waals surface area contributed by atoms with Gasteiger partial charge in [0.1, 0.15) is 0 Å². The van der Waals surface area contributed by atoms with Crippen molar-refractivity contribution in [1.29, 1.82) is 0 Å². The van der Waals surface area contributed by atoms with Gasteiger partial charge in [-0.3, -0.25) is 0 Å². The van der Waals surface area contributed by atoms with Crippen molar-refractivity contribution in [2.45, 2.75) is 220 Å². The summed E-state index contributed by atoms with van der Waals surface area (Å²) >= 11 is 6.19. The lowest BCUT2D eigenvalue weighted by Crippen LogP contribution is -2.24. The van der Waals surface area contributed by atoms with E-state index < -0.39 is 0 Å². The third kappa shape index (κ3) is 44.5. The Morgan fingerprint density at radius 3 is 0.513 bits per heavy atom. The third-order valence-corrected chi connectivity index (χ3v) is 22.0. The van der Waals surface area contributed by atoms with E-state index in [4.69, 9.17) is 60.7 Å². The van der Waals surface area contributed by atoms with Gasteiger partial charge < -0.3 is 47.7 Å². The highest BCUT2D eigenvalue weighted by Gasteiger charge is 2.31. The summed E-state index contributed by atoms with van der Waals surface area (Å²) in [7, 11) is 0. The van der Waals surface area contributed by atoms with Gasteiger partial charge in [-0.05, 0) is 220 Å². The highest BCUT2D eigenvalue weighted by Crippen LogP contribution is 2.43. The number of rotatable bonds is 63. The Kier molecular flexibility index (Phi) is 51.5. The second-order valence-corrected chi connectivity index (χ2v) is 31.3. The monoisotopic (exact) mass is 1580 g/mol. The average Bonchev–Trinajstić information content (AvgIpc) is 0.874. The Hall–Kier alpha value is -7.57. The van der Waals surface area contributed by atoms with Gasteiger partial charge in [-0.1, -0.05) is 273 Å². The Bertz CT molecular complexity index is 3180. The molecule has 0 saturated carbocycles. The number of ether oxygens (including phenoxy) is 9. The number of aliphatic hydroxyl groups is 1. The van der Waals surface area contributed by atoms with Gasteiger partial charge in [0.15, 0.2) is 0 Å². The van der Waals surface area contributed by atoms with Crippen molar-refractivity contribution in [2.75, 3.05) is 71.9 Å². The summed E-state index contributed by atoms with van der Waals surface area (Å²) in [6.07, 6.45) is 32.3. The smallest absolute Gasteiger partial charge is 0.0716 e. The maximum absolute atomic E-state index is 9.66. The molecule has 0 amide bonds. The van der Waals surface area contributed by atoms with Crippen LogP contribution in [0.2, 0.25) is 0 Å². The highest BCUT2D eigenvalue weighted by molar-refractivity contribution is 6.17. The molecule has 0 radical (unpaired) electrons. The Labute approximate surface area is 698 Å². The summed E-state index contributed by atoms with van der Waals surface area (Å²) in [6, 6.07) is 93.6. The largest absolute Gasteiger partial charge is 0.396 e. The molecule has 9 rings (SSSR count). The molecule has 0 aromatic heterocycles. The molecule has 0 saturated heterocycles. The minimum atomic E-state index is 0.172. The van der Waals surface area contributed by atoms with E-state index in [9.17, 15) is 5.11 Å². The molecule has 0 aliphatic rings. The van der Waals surface area contributed by atoms with Crippen molar-refractivity contribution in [3.63, 3.8) is 0 Å². The molecule has 620 valence electrons. The van der Waals surface area contributed by atoms with Crippen LogP contribution in [0, 0.1) is 28.6 Å². The molecule has 0 aliphatic heterocycles. The lowest BCUT2D eigenvalue weighted by atomic mass is 9.72. The van der Waals surface area contributed by atoms with Crippen LogP contribution in [-0.2, 0) is 102 Å². The molecule has 0 spiro atoms. The molecule has 0 bridgehead atoms. The molecule has 0 atom stereocenters. The van der Waals surface area contributed by atoms with Crippen LogP contribution in [0.15, 0.2) is 273 Å². The predicted molar refractivity (Wildman–Crippen MR) is 474 cm³/mol. The number of terminal acetylenes is 1. The van der Waals surface area contributed by atoms with Gasteiger partial charge in [-0.15, -0.1) is 23.9 Å². The van der Waals surface area contributed by atoms with E-state index in [-0.39, 0.29) is 22.9 Å². The fourth-order valence-corrected chi connectivity index (χ4v) is 15.7. The molecule has 10 nitrogen and oxygen atoms in total. The van der Waals surface area contributed by atoms with E-state index in [0.29, 0.717) is 65.3 Å². The van der Waals surface area contributed by atoms with E-state index >= 15 is 0 Å². The van der Waals surface area contributed by atoms with Crippen LogP contribution in [0.1, 0.15) is 211 Å². The summed E-state index contributed by atoms with van der Waals surface area (Å²) < 4.78 is 54.2.